The highest BCUT2D eigenvalue weighted by Crippen LogP contribution is 2.25. The molecule has 3 aromatic rings. The maximum absolute atomic E-state index is 12.2. The van der Waals surface area contributed by atoms with Crippen LogP contribution in [0.25, 0.3) is 11.5 Å². The number of thioether (sulfide) groups is 1. The smallest absolute Gasteiger partial charge is 0.277 e. The molecule has 2 aromatic carbocycles. The Kier molecular flexibility index (Phi) is 6.00. The number of carbonyl (C=O) groups is 1. The van der Waals surface area contributed by atoms with E-state index in [0.717, 1.165) is 30.1 Å². The van der Waals surface area contributed by atoms with Crippen molar-refractivity contribution in [3.8, 4) is 17.2 Å². The Bertz CT molecular complexity index is 951. The van der Waals surface area contributed by atoms with E-state index in [1.807, 2.05) is 48.5 Å². The second-order valence-electron chi connectivity index (χ2n) is 6.68. The van der Waals surface area contributed by atoms with Gasteiger partial charge in [-0.25, -0.2) is 0 Å². The van der Waals surface area contributed by atoms with Gasteiger partial charge in [0.1, 0.15) is 5.75 Å². The minimum atomic E-state index is -0.117. The van der Waals surface area contributed by atoms with Gasteiger partial charge in [0.25, 0.3) is 5.22 Å². The molecule has 1 aromatic heterocycles. The maximum Gasteiger partial charge on any atom is 0.277 e. The number of hydrogen-bond donors (Lipinski definition) is 1. The van der Waals surface area contributed by atoms with E-state index in [2.05, 4.69) is 20.4 Å². The van der Waals surface area contributed by atoms with Crippen LogP contribution >= 0.6 is 11.8 Å². The lowest BCUT2D eigenvalue weighted by molar-refractivity contribution is -0.113. The molecule has 150 valence electrons. The minimum Gasteiger partial charge on any atom is -0.497 e. The molecule has 0 saturated carbocycles. The molecule has 1 fully saturated rings. The van der Waals surface area contributed by atoms with Crippen LogP contribution in [-0.2, 0) is 4.79 Å². The number of anilines is 2. The summed E-state index contributed by atoms with van der Waals surface area (Å²) < 4.78 is 10.8. The van der Waals surface area contributed by atoms with Crippen molar-refractivity contribution >= 4 is 29.0 Å². The van der Waals surface area contributed by atoms with Crippen LogP contribution in [0.15, 0.2) is 58.2 Å². The summed E-state index contributed by atoms with van der Waals surface area (Å²) in [6, 6.07) is 15.3. The van der Waals surface area contributed by atoms with Gasteiger partial charge in [-0.05, 0) is 61.4 Å². The molecule has 1 saturated heterocycles. The van der Waals surface area contributed by atoms with Crippen molar-refractivity contribution in [2.24, 2.45) is 0 Å². The molecule has 0 aliphatic carbocycles. The summed E-state index contributed by atoms with van der Waals surface area (Å²) in [5.41, 5.74) is 2.78. The molecule has 1 aliphatic rings. The average Bonchev–Trinajstić information content (AvgIpc) is 3.45. The van der Waals surface area contributed by atoms with Crippen molar-refractivity contribution < 1.29 is 13.9 Å². The van der Waals surface area contributed by atoms with Gasteiger partial charge in [0.05, 0.1) is 12.9 Å². The molecule has 0 radical (unpaired) electrons. The number of hydrogen-bond acceptors (Lipinski definition) is 7. The molecule has 1 aliphatic heterocycles. The number of amides is 1. The number of methoxy groups -OCH3 is 1. The van der Waals surface area contributed by atoms with Crippen molar-refractivity contribution in [1.29, 1.82) is 0 Å². The molecule has 2 heterocycles. The quantitative estimate of drug-likeness (QED) is 0.588. The van der Waals surface area contributed by atoms with Crippen LogP contribution in [-0.4, -0.2) is 42.1 Å². The van der Waals surface area contributed by atoms with E-state index in [9.17, 15) is 4.79 Å². The zero-order valence-corrected chi connectivity index (χ0v) is 16.9. The first-order chi connectivity index (χ1) is 14.2. The van der Waals surface area contributed by atoms with Gasteiger partial charge in [0.2, 0.25) is 11.8 Å². The zero-order chi connectivity index (χ0) is 20.1. The molecule has 0 spiro atoms. The maximum atomic E-state index is 12.2. The first-order valence-electron chi connectivity index (χ1n) is 9.47. The lowest BCUT2D eigenvalue weighted by Crippen LogP contribution is -2.18. The number of carbonyl (C=O) groups excluding carboxylic acids is 1. The summed E-state index contributed by atoms with van der Waals surface area (Å²) >= 11 is 1.21. The Balaban J connectivity index is 1.28. The van der Waals surface area contributed by atoms with Gasteiger partial charge in [-0.1, -0.05) is 11.8 Å². The predicted octanol–water partition coefficient (Wildman–Crippen LogP) is 4.08. The third kappa shape index (κ3) is 4.89. The average molecular weight is 410 g/mol. The molecular weight excluding hydrogens is 388 g/mol. The van der Waals surface area contributed by atoms with Crippen LogP contribution in [0, 0.1) is 0 Å². The molecule has 1 N–H and O–H groups in total. The zero-order valence-electron chi connectivity index (χ0n) is 16.1. The molecule has 4 rings (SSSR count). The second kappa shape index (κ2) is 9.00. The number of rotatable bonds is 7. The molecule has 7 nitrogen and oxygen atoms in total. The van der Waals surface area contributed by atoms with E-state index >= 15 is 0 Å². The number of aromatic nitrogens is 2. The van der Waals surface area contributed by atoms with Crippen molar-refractivity contribution in [1.82, 2.24) is 10.2 Å². The lowest BCUT2D eigenvalue weighted by Gasteiger charge is -2.17. The molecule has 0 bridgehead atoms. The third-order valence-corrected chi connectivity index (χ3v) is 5.51. The van der Waals surface area contributed by atoms with Crippen molar-refractivity contribution in [2.75, 3.05) is 36.2 Å². The van der Waals surface area contributed by atoms with Crippen molar-refractivity contribution in [3.05, 3.63) is 48.5 Å². The lowest BCUT2D eigenvalue weighted by atomic mass is 10.2. The fraction of sp³-hybridized carbons (Fsp3) is 0.286. The van der Waals surface area contributed by atoms with Gasteiger partial charge in [-0.3, -0.25) is 4.79 Å². The first-order valence-corrected chi connectivity index (χ1v) is 10.5. The third-order valence-electron chi connectivity index (χ3n) is 4.69. The Morgan fingerprint density at radius 1 is 1.10 bits per heavy atom. The van der Waals surface area contributed by atoms with Crippen LogP contribution in [0.3, 0.4) is 0 Å². The first kappa shape index (κ1) is 19.3. The summed E-state index contributed by atoms with van der Waals surface area (Å²) in [6.45, 7) is 2.20. The predicted molar refractivity (Wildman–Crippen MR) is 114 cm³/mol. The van der Waals surface area contributed by atoms with Gasteiger partial charge in [-0.15, -0.1) is 10.2 Å². The topological polar surface area (TPSA) is 80.5 Å². The van der Waals surface area contributed by atoms with Gasteiger partial charge >= 0.3 is 0 Å². The normalized spacial score (nSPS) is 13.5. The number of benzene rings is 2. The largest absolute Gasteiger partial charge is 0.497 e. The fourth-order valence-corrected chi connectivity index (χ4v) is 3.74. The van der Waals surface area contributed by atoms with Crippen LogP contribution in [0.4, 0.5) is 11.4 Å². The number of nitrogens with one attached hydrogen (secondary N) is 1. The highest BCUT2D eigenvalue weighted by molar-refractivity contribution is 7.99. The SMILES string of the molecule is COc1ccc(-c2nnc(SCC(=O)Nc3ccc(N4CCCC4)cc3)o2)cc1. The molecule has 29 heavy (non-hydrogen) atoms. The standard InChI is InChI=1S/C21H22N4O3S/c1-27-18-10-4-15(5-11-18)20-23-24-21(28-20)29-14-19(26)22-16-6-8-17(9-7-16)25-12-2-3-13-25/h4-11H,2-3,12-14H2,1H3,(H,22,26). The number of nitrogens with zero attached hydrogens (tertiary/aromatic N) is 3. The Morgan fingerprint density at radius 3 is 2.52 bits per heavy atom. The van der Waals surface area contributed by atoms with Crippen molar-refractivity contribution in [2.45, 2.75) is 18.1 Å². The molecule has 8 heteroatoms. The van der Waals surface area contributed by atoms with Crippen LogP contribution < -0.4 is 15.0 Å². The van der Waals surface area contributed by atoms with Crippen LogP contribution in [0.1, 0.15) is 12.8 Å². The summed E-state index contributed by atoms with van der Waals surface area (Å²) in [5.74, 6) is 1.24. The highest BCUT2D eigenvalue weighted by atomic mass is 32.2. The van der Waals surface area contributed by atoms with Gasteiger partial charge < -0.3 is 19.4 Å². The second-order valence-corrected chi connectivity index (χ2v) is 7.61. The van der Waals surface area contributed by atoms with Crippen LogP contribution in [0.2, 0.25) is 0 Å². The molecule has 0 unspecified atom stereocenters. The van der Waals surface area contributed by atoms with E-state index in [4.69, 9.17) is 9.15 Å². The Hall–Kier alpha value is -3.00. The highest BCUT2D eigenvalue weighted by Gasteiger charge is 2.13. The fourth-order valence-electron chi connectivity index (χ4n) is 3.17. The van der Waals surface area contributed by atoms with E-state index in [-0.39, 0.29) is 11.7 Å². The van der Waals surface area contributed by atoms with E-state index < -0.39 is 0 Å². The molecule has 1 amide bonds. The minimum absolute atomic E-state index is 0.117. The summed E-state index contributed by atoms with van der Waals surface area (Å²) in [7, 11) is 1.61. The molecule has 0 atom stereocenters. The van der Waals surface area contributed by atoms with Crippen LogP contribution in [0.5, 0.6) is 5.75 Å². The summed E-state index contributed by atoms with van der Waals surface area (Å²) in [4.78, 5) is 14.6. The Morgan fingerprint density at radius 2 is 1.83 bits per heavy atom. The van der Waals surface area contributed by atoms with Gasteiger partial charge in [-0.2, -0.15) is 0 Å². The van der Waals surface area contributed by atoms with Gasteiger partial charge in [0.15, 0.2) is 0 Å². The summed E-state index contributed by atoms with van der Waals surface area (Å²) in [6.07, 6.45) is 2.48. The van der Waals surface area contributed by atoms with E-state index in [1.54, 1.807) is 7.11 Å². The monoisotopic (exact) mass is 410 g/mol. The molecular formula is C21H22N4O3S. The number of ether oxygens (including phenoxy) is 1. The van der Waals surface area contributed by atoms with E-state index in [1.165, 1.54) is 30.3 Å². The summed E-state index contributed by atoms with van der Waals surface area (Å²) in [5, 5.41) is 11.3. The van der Waals surface area contributed by atoms with Crippen molar-refractivity contribution in [3.63, 3.8) is 0 Å². The van der Waals surface area contributed by atoms with E-state index in [0.29, 0.717) is 11.1 Å². The Labute approximate surface area is 173 Å². The van der Waals surface area contributed by atoms with Gasteiger partial charge in [0, 0.05) is 30.0 Å².